The smallest absolute Gasteiger partial charge is 0.254 e. The van der Waals surface area contributed by atoms with E-state index in [1.807, 2.05) is 55.1 Å². The number of benzene rings is 2. The van der Waals surface area contributed by atoms with E-state index in [-0.39, 0.29) is 18.1 Å². The standard InChI is InChI=1S/C30H34ClN5O4S/c1-20-15-36(16-21(2)40-20)29(37)24-5-3-4-23(12-24)18-41-30-32-27(31)14-28(33-30)35-10-8-34(9-11-35)17-22-6-7-25-26(13-22)39-19-38-25/h3-7,12-14,20-21H,8-11,15-19H2,1-2H3. The predicted molar refractivity (Wildman–Crippen MR) is 159 cm³/mol. The summed E-state index contributed by atoms with van der Waals surface area (Å²) in [5.41, 5.74) is 2.94. The lowest BCUT2D eigenvalue weighted by atomic mass is 10.1. The molecule has 1 amide bonds. The van der Waals surface area contributed by atoms with Crippen LogP contribution in [-0.2, 0) is 17.0 Å². The van der Waals surface area contributed by atoms with Crippen molar-refractivity contribution >= 4 is 35.1 Å². The first-order valence-corrected chi connectivity index (χ1v) is 15.3. The Morgan fingerprint density at radius 2 is 1.73 bits per heavy atom. The summed E-state index contributed by atoms with van der Waals surface area (Å²) in [6, 6.07) is 15.8. The van der Waals surface area contributed by atoms with Gasteiger partial charge in [-0.25, -0.2) is 9.97 Å². The normalized spacial score (nSPS) is 20.9. The second kappa shape index (κ2) is 12.4. The Balaban J connectivity index is 1.04. The molecular weight excluding hydrogens is 562 g/mol. The molecule has 3 aliphatic heterocycles. The minimum Gasteiger partial charge on any atom is -0.454 e. The zero-order valence-corrected chi connectivity index (χ0v) is 24.9. The molecule has 11 heteroatoms. The number of piperazine rings is 1. The fraction of sp³-hybridized carbons (Fsp3) is 0.433. The number of amides is 1. The number of hydrogen-bond donors (Lipinski definition) is 0. The Labute approximate surface area is 249 Å². The minimum absolute atomic E-state index is 0.0358. The first-order valence-electron chi connectivity index (χ1n) is 14.0. The zero-order valence-electron chi connectivity index (χ0n) is 23.3. The monoisotopic (exact) mass is 595 g/mol. The van der Waals surface area contributed by atoms with Gasteiger partial charge < -0.3 is 24.0 Å². The molecule has 4 heterocycles. The van der Waals surface area contributed by atoms with Crippen LogP contribution in [0.25, 0.3) is 0 Å². The average molecular weight is 596 g/mol. The van der Waals surface area contributed by atoms with Crippen molar-refractivity contribution in [1.82, 2.24) is 19.8 Å². The Morgan fingerprint density at radius 3 is 2.54 bits per heavy atom. The van der Waals surface area contributed by atoms with Gasteiger partial charge in [-0.3, -0.25) is 9.69 Å². The summed E-state index contributed by atoms with van der Waals surface area (Å²) >= 11 is 7.95. The van der Waals surface area contributed by atoms with Gasteiger partial charge in [0.15, 0.2) is 16.7 Å². The predicted octanol–water partition coefficient (Wildman–Crippen LogP) is 4.72. The summed E-state index contributed by atoms with van der Waals surface area (Å²) < 4.78 is 16.7. The maximum atomic E-state index is 13.2. The largest absolute Gasteiger partial charge is 0.454 e. The van der Waals surface area contributed by atoms with Crippen LogP contribution < -0.4 is 14.4 Å². The Bertz CT molecular complexity index is 1390. The molecule has 6 rings (SSSR count). The van der Waals surface area contributed by atoms with Crippen molar-refractivity contribution < 1.29 is 19.0 Å². The van der Waals surface area contributed by atoms with E-state index in [0.29, 0.717) is 41.5 Å². The molecule has 0 aliphatic carbocycles. The number of morpholine rings is 1. The highest BCUT2D eigenvalue weighted by Crippen LogP contribution is 2.33. The number of fused-ring (bicyclic) bond motifs is 1. The Kier molecular flexibility index (Phi) is 8.52. The van der Waals surface area contributed by atoms with Gasteiger partial charge in [-0.1, -0.05) is 41.6 Å². The number of carbonyl (C=O) groups excluding carboxylic acids is 1. The summed E-state index contributed by atoms with van der Waals surface area (Å²) in [6.07, 6.45) is 0.0716. The molecule has 2 saturated heterocycles. The molecule has 2 aromatic carbocycles. The van der Waals surface area contributed by atoms with Gasteiger partial charge in [0.1, 0.15) is 11.0 Å². The van der Waals surface area contributed by atoms with Crippen LogP contribution in [0, 0.1) is 0 Å². The Hall–Kier alpha value is -3.05. The summed E-state index contributed by atoms with van der Waals surface area (Å²) in [7, 11) is 0. The molecule has 0 saturated carbocycles. The van der Waals surface area contributed by atoms with Gasteiger partial charge in [0.05, 0.1) is 12.2 Å². The summed E-state index contributed by atoms with van der Waals surface area (Å²) in [5, 5.41) is 1.06. The summed E-state index contributed by atoms with van der Waals surface area (Å²) in [5.74, 6) is 3.15. The molecule has 0 radical (unpaired) electrons. The van der Waals surface area contributed by atoms with E-state index in [0.717, 1.165) is 55.6 Å². The topological polar surface area (TPSA) is 80.3 Å². The third-order valence-electron chi connectivity index (χ3n) is 7.45. The van der Waals surface area contributed by atoms with E-state index in [9.17, 15) is 4.79 Å². The lowest BCUT2D eigenvalue weighted by molar-refractivity contribution is -0.0586. The third-order valence-corrected chi connectivity index (χ3v) is 8.56. The van der Waals surface area contributed by atoms with Crippen molar-refractivity contribution in [3.05, 3.63) is 70.4 Å². The molecule has 41 heavy (non-hydrogen) atoms. The molecule has 3 aromatic rings. The van der Waals surface area contributed by atoms with Crippen LogP contribution in [0.1, 0.15) is 35.3 Å². The second-order valence-electron chi connectivity index (χ2n) is 10.7. The van der Waals surface area contributed by atoms with E-state index >= 15 is 0 Å². The van der Waals surface area contributed by atoms with Crippen molar-refractivity contribution in [2.24, 2.45) is 0 Å². The first kappa shape index (κ1) is 28.1. The van der Waals surface area contributed by atoms with Crippen molar-refractivity contribution in [2.75, 3.05) is 51.0 Å². The third kappa shape index (κ3) is 6.89. The summed E-state index contributed by atoms with van der Waals surface area (Å²) in [6.45, 7) is 9.91. The van der Waals surface area contributed by atoms with Gasteiger partial charge in [0.25, 0.3) is 5.91 Å². The van der Waals surface area contributed by atoms with E-state index in [4.69, 9.17) is 30.8 Å². The van der Waals surface area contributed by atoms with E-state index in [2.05, 4.69) is 26.9 Å². The number of carbonyl (C=O) groups is 1. The highest BCUT2D eigenvalue weighted by atomic mass is 35.5. The van der Waals surface area contributed by atoms with Crippen LogP contribution in [0.15, 0.2) is 53.7 Å². The van der Waals surface area contributed by atoms with E-state index in [1.54, 1.807) is 0 Å². The number of aromatic nitrogens is 2. The molecule has 2 unspecified atom stereocenters. The quantitative estimate of drug-likeness (QED) is 0.219. The van der Waals surface area contributed by atoms with Crippen LogP contribution in [0.2, 0.25) is 5.15 Å². The van der Waals surface area contributed by atoms with Crippen LogP contribution in [0.5, 0.6) is 11.5 Å². The van der Waals surface area contributed by atoms with Gasteiger partial charge >= 0.3 is 0 Å². The van der Waals surface area contributed by atoms with Crippen LogP contribution in [-0.4, -0.2) is 83.9 Å². The van der Waals surface area contributed by atoms with Crippen molar-refractivity contribution in [1.29, 1.82) is 0 Å². The maximum Gasteiger partial charge on any atom is 0.254 e. The fourth-order valence-electron chi connectivity index (χ4n) is 5.51. The molecule has 2 atom stereocenters. The number of rotatable bonds is 7. The molecule has 1 aromatic heterocycles. The lowest BCUT2D eigenvalue weighted by Gasteiger charge is -2.35. The van der Waals surface area contributed by atoms with Crippen LogP contribution in [0.4, 0.5) is 5.82 Å². The van der Waals surface area contributed by atoms with Crippen LogP contribution >= 0.6 is 23.4 Å². The van der Waals surface area contributed by atoms with E-state index < -0.39 is 0 Å². The van der Waals surface area contributed by atoms with Gasteiger partial charge in [-0.2, -0.15) is 0 Å². The molecule has 216 valence electrons. The number of halogens is 1. The Morgan fingerprint density at radius 1 is 0.951 bits per heavy atom. The number of ether oxygens (including phenoxy) is 3. The number of anilines is 1. The van der Waals surface area contributed by atoms with Gasteiger partial charge in [-0.15, -0.1) is 0 Å². The molecule has 9 nitrogen and oxygen atoms in total. The van der Waals surface area contributed by atoms with Crippen molar-refractivity contribution in [3.63, 3.8) is 0 Å². The van der Waals surface area contributed by atoms with Crippen LogP contribution in [0.3, 0.4) is 0 Å². The zero-order chi connectivity index (χ0) is 28.3. The average Bonchev–Trinajstić information content (AvgIpc) is 3.43. The fourth-order valence-corrected chi connectivity index (χ4v) is 6.54. The molecule has 3 aliphatic rings. The highest BCUT2D eigenvalue weighted by Gasteiger charge is 2.27. The first-order chi connectivity index (χ1) is 19.9. The SMILES string of the molecule is CC1CN(C(=O)c2cccc(CSc3nc(Cl)cc(N4CCN(Cc5ccc6c(c5)OCO6)CC4)n3)c2)CC(C)O1. The van der Waals surface area contributed by atoms with E-state index in [1.165, 1.54) is 17.3 Å². The molecule has 2 fully saturated rings. The lowest BCUT2D eigenvalue weighted by Crippen LogP contribution is -2.48. The minimum atomic E-state index is 0.0358. The highest BCUT2D eigenvalue weighted by molar-refractivity contribution is 7.98. The van der Waals surface area contributed by atoms with Gasteiger partial charge in [-0.05, 0) is 49.2 Å². The number of nitrogens with zero attached hydrogens (tertiary/aromatic N) is 5. The van der Waals surface area contributed by atoms with Gasteiger partial charge in [0.2, 0.25) is 6.79 Å². The van der Waals surface area contributed by atoms with Crippen molar-refractivity contribution in [2.45, 2.75) is 43.5 Å². The molecular formula is C30H34ClN5O4S. The van der Waals surface area contributed by atoms with Crippen molar-refractivity contribution in [3.8, 4) is 11.5 Å². The molecule has 0 N–H and O–H groups in total. The number of thioether (sulfide) groups is 1. The maximum absolute atomic E-state index is 13.2. The second-order valence-corrected chi connectivity index (χ2v) is 12.1. The summed E-state index contributed by atoms with van der Waals surface area (Å²) in [4.78, 5) is 29.0. The molecule has 0 bridgehead atoms. The number of hydrogen-bond acceptors (Lipinski definition) is 9. The molecule has 0 spiro atoms. The van der Waals surface area contributed by atoms with Gasteiger partial charge in [0, 0.05) is 63.2 Å².